The highest BCUT2D eigenvalue weighted by Gasteiger charge is 2.20. The van der Waals surface area contributed by atoms with E-state index in [4.69, 9.17) is 4.98 Å². The summed E-state index contributed by atoms with van der Waals surface area (Å²) in [6.07, 6.45) is 6.97. The van der Waals surface area contributed by atoms with Gasteiger partial charge in [0.05, 0.1) is 17.9 Å². The van der Waals surface area contributed by atoms with Crippen LogP contribution in [0.15, 0.2) is 79.4 Å². The second-order valence-electron chi connectivity index (χ2n) is 7.58. The van der Waals surface area contributed by atoms with Crippen LogP contribution in [-0.2, 0) is 24.4 Å². The second kappa shape index (κ2) is 9.82. The Kier molecular flexibility index (Phi) is 6.50. The molecule has 0 fully saturated rings. The molecule has 0 spiro atoms. The van der Waals surface area contributed by atoms with Crippen LogP contribution in [0.5, 0.6) is 0 Å². The van der Waals surface area contributed by atoms with Crippen molar-refractivity contribution in [2.75, 3.05) is 19.0 Å². The van der Waals surface area contributed by atoms with E-state index in [1.165, 1.54) is 0 Å². The average Bonchev–Trinajstić information content (AvgIpc) is 3.33. The zero-order valence-electron chi connectivity index (χ0n) is 18.2. The SMILES string of the molecule is CN(C)c1ncc(-c2ccccn2)c(CN(Cc2ccccc2)C(=O)Cn2cccn2)n1. The van der Waals surface area contributed by atoms with E-state index in [0.717, 1.165) is 22.5 Å². The fourth-order valence-corrected chi connectivity index (χ4v) is 3.33. The first kappa shape index (κ1) is 21.2. The smallest absolute Gasteiger partial charge is 0.244 e. The van der Waals surface area contributed by atoms with Gasteiger partial charge in [-0.3, -0.25) is 14.5 Å². The summed E-state index contributed by atoms with van der Waals surface area (Å²) < 4.78 is 1.63. The van der Waals surface area contributed by atoms with Crippen LogP contribution in [-0.4, -0.2) is 49.6 Å². The van der Waals surface area contributed by atoms with Gasteiger partial charge < -0.3 is 9.80 Å². The molecule has 8 nitrogen and oxygen atoms in total. The molecule has 0 saturated carbocycles. The molecule has 3 heterocycles. The Morgan fingerprint density at radius 2 is 1.75 bits per heavy atom. The first-order valence-corrected chi connectivity index (χ1v) is 10.3. The van der Waals surface area contributed by atoms with E-state index in [9.17, 15) is 4.79 Å². The molecule has 4 rings (SSSR count). The van der Waals surface area contributed by atoms with Crippen LogP contribution < -0.4 is 4.90 Å². The van der Waals surface area contributed by atoms with E-state index in [-0.39, 0.29) is 12.5 Å². The van der Waals surface area contributed by atoms with Crippen LogP contribution in [0.2, 0.25) is 0 Å². The lowest BCUT2D eigenvalue weighted by atomic mass is 10.1. The number of hydrogen-bond donors (Lipinski definition) is 0. The third kappa shape index (κ3) is 5.15. The van der Waals surface area contributed by atoms with E-state index < -0.39 is 0 Å². The molecule has 1 amide bonds. The number of carbonyl (C=O) groups excluding carboxylic acids is 1. The molecule has 3 aromatic heterocycles. The van der Waals surface area contributed by atoms with Gasteiger partial charge in [0.1, 0.15) is 6.54 Å². The predicted octanol–water partition coefficient (Wildman–Crippen LogP) is 3.03. The number of rotatable bonds is 8. The highest BCUT2D eigenvalue weighted by atomic mass is 16.2. The zero-order valence-corrected chi connectivity index (χ0v) is 18.2. The summed E-state index contributed by atoms with van der Waals surface area (Å²) in [5, 5.41) is 4.18. The summed E-state index contributed by atoms with van der Waals surface area (Å²) in [5.41, 5.74) is 3.36. The van der Waals surface area contributed by atoms with E-state index >= 15 is 0 Å². The lowest BCUT2D eigenvalue weighted by Crippen LogP contribution is -2.34. The maximum absolute atomic E-state index is 13.3. The van der Waals surface area contributed by atoms with Gasteiger partial charge in [0.2, 0.25) is 11.9 Å². The maximum Gasteiger partial charge on any atom is 0.244 e. The Balaban J connectivity index is 1.69. The Labute approximate surface area is 187 Å². The normalized spacial score (nSPS) is 10.7. The number of aromatic nitrogens is 5. The quantitative estimate of drug-likeness (QED) is 0.430. The van der Waals surface area contributed by atoms with Gasteiger partial charge in [0.15, 0.2) is 0 Å². The van der Waals surface area contributed by atoms with Gasteiger partial charge in [-0.2, -0.15) is 5.10 Å². The maximum atomic E-state index is 13.3. The third-order valence-corrected chi connectivity index (χ3v) is 4.96. The van der Waals surface area contributed by atoms with Crippen LogP contribution in [0.3, 0.4) is 0 Å². The fraction of sp³-hybridized carbons (Fsp3) is 0.208. The van der Waals surface area contributed by atoms with Crippen molar-refractivity contribution >= 4 is 11.9 Å². The molecule has 0 atom stereocenters. The van der Waals surface area contributed by atoms with Crippen LogP contribution in [0.25, 0.3) is 11.3 Å². The minimum Gasteiger partial charge on any atom is -0.347 e. The number of amides is 1. The number of carbonyl (C=O) groups is 1. The largest absolute Gasteiger partial charge is 0.347 e. The fourth-order valence-electron chi connectivity index (χ4n) is 3.33. The van der Waals surface area contributed by atoms with Gasteiger partial charge in [-0.05, 0) is 23.8 Å². The highest BCUT2D eigenvalue weighted by molar-refractivity contribution is 5.76. The molecule has 0 bridgehead atoms. The van der Waals surface area contributed by atoms with Gasteiger partial charge in [0.25, 0.3) is 0 Å². The summed E-state index contributed by atoms with van der Waals surface area (Å²) in [7, 11) is 3.79. The minimum absolute atomic E-state index is 0.0467. The molecule has 0 aliphatic heterocycles. The van der Waals surface area contributed by atoms with Crippen molar-refractivity contribution in [1.82, 2.24) is 29.6 Å². The second-order valence-corrected chi connectivity index (χ2v) is 7.58. The summed E-state index contributed by atoms with van der Waals surface area (Å²) in [5.74, 6) is 0.536. The molecule has 0 N–H and O–H groups in total. The minimum atomic E-state index is -0.0467. The standard InChI is InChI=1S/C24H25N7O/c1-29(2)24-26-15-20(21-11-6-7-12-25-21)22(28-24)17-30(16-19-9-4-3-5-10-19)23(32)18-31-14-8-13-27-31/h3-15H,16-18H2,1-2H3. The summed E-state index contributed by atoms with van der Waals surface area (Å²) in [4.78, 5) is 30.6. The number of anilines is 1. The monoisotopic (exact) mass is 427 g/mol. The van der Waals surface area contributed by atoms with Crippen LogP contribution in [0, 0.1) is 0 Å². The molecule has 0 aliphatic carbocycles. The van der Waals surface area contributed by atoms with Crippen LogP contribution in [0.1, 0.15) is 11.3 Å². The Bertz CT molecular complexity index is 1150. The molecule has 1 aromatic carbocycles. The molecular formula is C24H25N7O. The molecule has 0 saturated heterocycles. The van der Waals surface area contributed by atoms with Crippen LogP contribution in [0.4, 0.5) is 5.95 Å². The van der Waals surface area contributed by atoms with Gasteiger partial charge in [-0.15, -0.1) is 0 Å². The molecule has 4 aromatic rings. The number of benzene rings is 1. The van der Waals surface area contributed by atoms with Crippen molar-refractivity contribution < 1.29 is 4.79 Å². The van der Waals surface area contributed by atoms with E-state index in [1.54, 1.807) is 34.4 Å². The number of hydrogen-bond acceptors (Lipinski definition) is 6. The Morgan fingerprint density at radius 1 is 0.938 bits per heavy atom. The third-order valence-electron chi connectivity index (χ3n) is 4.96. The van der Waals surface area contributed by atoms with E-state index in [2.05, 4.69) is 15.1 Å². The van der Waals surface area contributed by atoms with E-state index in [1.807, 2.05) is 73.6 Å². The molecule has 0 radical (unpaired) electrons. The van der Waals surface area contributed by atoms with E-state index in [0.29, 0.717) is 19.0 Å². The van der Waals surface area contributed by atoms with Gasteiger partial charge in [-0.25, -0.2) is 9.97 Å². The Hall–Kier alpha value is -4.07. The molecular weight excluding hydrogens is 402 g/mol. The molecule has 8 heteroatoms. The van der Waals surface area contributed by atoms with Gasteiger partial charge in [0, 0.05) is 51.0 Å². The molecule has 0 unspecified atom stereocenters. The first-order valence-electron chi connectivity index (χ1n) is 10.3. The Morgan fingerprint density at radius 3 is 2.44 bits per heavy atom. The molecule has 162 valence electrons. The number of nitrogens with zero attached hydrogens (tertiary/aromatic N) is 7. The predicted molar refractivity (Wildman–Crippen MR) is 123 cm³/mol. The highest BCUT2D eigenvalue weighted by Crippen LogP contribution is 2.23. The van der Waals surface area contributed by atoms with Gasteiger partial charge in [-0.1, -0.05) is 36.4 Å². The van der Waals surface area contributed by atoms with Crippen molar-refractivity contribution in [1.29, 1.82) is 0 Å². The van der Waals surface area contributed by atoms with Gasteiger partial charge >= 0.3 is 0 Å². The zero-order chi connectivity index (χ0) is 22.3. The summed E-state index contributed by atoms with van der Waals surface area (Å²) >= 11 is 0. The van der Waals surface area contributed by atoms with Crippen molar-refractivity contribution in [2.24, 2.45) is 0 Å². The van der Waals surface area contributed by atoms with Crippen molar-refractivity contribution in [3.05, 3.63) is 90.6 Å². The van der Waals surface area contributed by atoms with Crippen molar-refractivity contribution in [3.63, 3.8) is 0 Å². The molecule has 0 aliphatic rings. The summed E-state index contributed by atoms with van der Waals surface area (Å²) in [6, 6.07) is 17.5. The van der Waals surface area contributed by atoms with Crippen LogP contribution >= 0.6 is 0 Å². The summed E-state index contributed by atoms with van der Waals surface area (Å²) in [6.45, 7) is 0.943. The topological polar surface area (TPSA) is 80.0 Å². The lowest BCUT2D eigenvalue weighted by molar-refractivity contribution is -0.133. The van der Waals surface area contributed by atoms with Crippen molar-refractivity contribution in [2.45, 2.75) is 19.6 Å². The number of pyridine rings is 1. The lowest BCUT2D eigenvalue weighted by Gasteiger charge is -2.24. The average molecular weight is 428 g/mol. The van der Waals surface area contributed by atoms with Crippen molar-refractivity contribution in [3.8, 4) is 11.3 Å². The molecule has 32 heavy (non-hydrogen) atoms. The first-order chi connectivity index (χ1) is 15.6.